The molecule has 3 N–H and O–H groups in total. The van der Waals surface area contributed by atoms with E-state index in [1.807, 2.05) is 6.07 Å². The van der Waals surface area contributed by atoms with Gasteiger partial charge in [0, 0.05) is 16.9 Å². The number of aliphatic carboxylic acids is 1. The number of carboxylic acid groups (broad SMARTS) is 1. The van der Waals surface area contributed by atoms with Crippen LogP contribution in [0.1, 0.15) is 36.0 Å². The quantitative estimate of drug-likeness (QED) is 0.751. The third-order valence-corrected chi connectivity index (χ3v) is 4.87. The summed E-state index contributed by atoms with van der Waals surface area (Å²) in [5, 5.41) is 14.9. The van der Waals surface area contributed by atoms with Crippen LogP contribution in [-0.2, 0) is 9.59 Å². The van der Waals surface area contributed by atoms with Crippen molar-refractivity contribution in [1.82, 2.24) is 0 Å². The molecule has 1 aliphatic rings. The molecule has 0 spiro atoms. The number of nitrogens with one attached hydrogen (secondary N) is 2. The molecule has 2 amide bonds. The monoisotopic (exact) mass is 366 g/mol. The van der Waals surface area contributed by atoms with Crippen molar-refractivity contribution in [2.45, 2.75) is 25.7 Å². The van der Waals surface area contributed by atoms with Crippen molar-refractivity contribution in [3.05, 3.63) is 60.2 Å². The van der Waals surface area contributed by atoms with E-state index in [9.17, 15) is 19.5 Å². The fourth-order valence-corrected chi connectivity index (χ4v) is 3.40. The number of hydrogen-bond acceptors (Lipinski definition) is 3. The lowest BCUT2D eigenvalue weighted by Crippen LogP contribution is -2.36. The van der Waals surface area contributed by atoms with Crippen LogP contribution in [0.15, 0.2) is 54.6 Å². The van der Waals surface area contributed by atoms with E-state index < -0.39 is 17.8 Å². The summed E-state index contributed by atoms with van der Waals surface area (Å²) in [4.78, 5) is 36.0. The predicted molar refractivity (Wildman–Crippen MR) is 103 cm³/mol. The van der Waals surface area contributed by atoms with Gasteiger partial charge in [0.15, 0.2) is 0 Å². The molecule has 6 nitrogen and oxygen atoms in total. The zero-order valence-corrected chi connectivity index (χ0v) is 14.9. The Hall–Kier alpha value is -3.15. The second-order valence-electron chi connectivity index (χ2n) is 6.72. The summed E-state index contributed by atoms with van der Waals surface area (Å²) in [6.07, 6.45) is 2.84. The lowest BCUT2D eigenvalue weighted by atomic mass is 9.78. The van der Waals surface area contributed by atoms with Crippen LogP contribution in [-0.4, -0.2) is 22.9 Å². The molecule has 0 heterocycles. The lowest BCUT2D eigenvalue weighted by molar-refractivity contribution is -0.147. The van der Waals surface area contributed by atoms with Gasteiger partial charge >= 0.3 is 5.97 Å². The molecule has 3 rings (SSSR count). The molecule has 0 radical (unpaired) electrons. The Balaban J connectivity index is 1.61. The van der Waals surface area contributed by atoms with Crippen LogP contribution in [0.2, 0.25) is 0 Å². The summed E-state index contributed by atoms with van der Waals surface area (Å²) in [6, 6.07) is 15.7. The number of carbonyl (C=O) groups is 3. The molecular weight excluding hydrogens is 344 g/mol. The summed E-state index contributed by atoms with van der Waals surface area (Å²) < 4.78 is 0. The second kappa shape index (κ2) is 8.49. The molecular formula is C21H22N2O4. The van der Waals surface area contributed by atoms with Crippen LogP contribution < -0.4 is 10.6 Å². The van der Waals surface area contributed by atoms with Gasteiger partial charge in [0.2, 0.25) is 5.91 Å². The molecule has 2 aromatic carbocycles. The molecule has 2 unspecified atom stereocenters. The SMILES string of the molecule is O=C(Nc1ccc(NC(=O)C2CCCCC2C(=O)O)cc1)c1ccccc1. The first-order valence-corrected chi connectivity index (χ1v) is 9.05. The van der Waals surface area contributed by atoms with Gasteiger partial charge in [0.1, 0.15) is 0 Å². The molecule has 1 saturated carbocycles. The van der Waals surface area contributed by atoms with E-state index in [4.69, 9.17) is 0 Å². The molecule has 0 saturated heterocycles. The van der Waals surface area contributed by atoms with Crippen molar-refractivity contribution < 1.29 is 19.5 Å². The minimum atomic E-state index is -0.908. The summed E-state index contributed by atoms with van der Waals surface area (Å²) in [7, 11) is 0. The Morgan fingerprint density at radius 3 is 1.93 bits per heavy atom. The molecule has 2 aromatic rings. The minimum absolute atomic E-state index is 0.209. The normalized spacial score (nSPS) is 19.1. The maximum absolute atomic E-state index is 12.5. The van der Waals surface area contributed by atoms with E-state index in [1.54, 1.807) is 48.5 Å². The summed E-state index contributed by atoms with van der Waals surface area (Å²) in [5.41, 5.74) is 1.75. The highest BCUT2D eigenvalue weighted by Crippen LogP contribution is 2.31. The van der Waals surface area contributed by atoms with Crippen LogP contribution in [0.5, 0.6) is 0 Å². The Kier molecular flexibility index (Phi) is 5.86. The van der Waals surface area contributed by atoms with Crippen molar-refractivity contribution in [3.8, 4) is 0 Å². The van der Waals surface area contributed by atoms with Crippen molar-refractivity contribution in [2.75, 3.05) is 10.6 Å². The predicted octanol–water partition coefficient (Wildman–Crippen LogP) is 3.77. The molecule has 0 aromatic heterocycles. The van der Waals surface area contributed by atoms with Crippen LogP contribution in [0.4, 0.5) is 11.4 Å². The van der Waals surface area contributed by atoms with Crippen molar-refractivity contribution in [3.63, 3.8) is 0 Å². The average molecular weight is 366 g/mol. The van der Waals surface area contributed by atoms with E-state index in [-0.39, 0.29) is 11.8 Å². The van der Waals surface area contributed by atoms with Gasteiger partial charge < -0.3 is 15.7 Å². The van der Waals surface area contributed by atoms with Gasteiger partial charge in [-0.15, -0.1) is 0 Å². The third-order valence-electron chi connectivity index (χ3n) is 4.87. The molecule has 0 bridgehead atoms. The number of benzene rings is 2. The average Bonchev–Trinajstić information content (AvgIpc) is 2.70. The zero-order valence-electron chi connectivity index (χ0n) is 14.9. The largest absolute Gasteiger partial charge is 0.481 e. The number of anilines is 2. The number of amides is 2. The third kappa shape index (κ3) is 4.73. The van der Waals surface area contributed by atoms with Gasteiger partial charge in [-0.25, -0.2) is 0 Å². The Bertz CT molecular complexity index is 818. The molecule has 1 aliphatic carbocycles. The van der Waals surface area contributed by atoms with E-state index >= 15 is 0 Å². The standard InChI is InChI=1S/C21H22N2O4/c24-19(14-6-2-1-3-7-14)22-15-10-12-16(13-11-15)23-20(25)17-8-4-5-9-18(17)21(26)27/h1-3,6-7,10-13,17-18H,4-5,8-9H2,(H,22,24)(H,23,25)(H,26,27). The van der Waals surface area contributed by atoms with Gasteiger partial charge in [-0.2, -0.15) is 0 Å². The smallest absolute Gasteiger partial charge is 0.307 e. The van der Waals surface area contributed by atoms with E-state index in [0.717, 1.165) is 12.8 Å². The minimum Gasteiger partial charge on any atom is -0.481 e. The molecule has 1 fully saturated rings. The van der Waals surface area contributed by atoms with Gasteiger partial charge in [-0.3, -0.25) is 14.4 Å². The van der Waals surface area contributed by atoms with Crippen LogP contribution in [0, 0.1) is 11.8 Å². The zero-order chi connectivity index (χ0) is 19.2. The fraction of sp³-hybridized carbons (Fsp3) is 0.286. The van der Waals surface area contributed by atoms with Crippen molar-refractivity contribution in [1.29, 1.82) is 0 Å². The summed E-state index contributed by atoms with van der Waals surface area (Å²) in [6.45, 7) is 0. The number of hydrogen-bond donors (Lipinski definition) is 3. The first-order chi connectivity index (χ1) is 13.0. The van der Waals surface area contributed by atoms with Gasteiger partial charge in [0.25, 0.3) is 5.91 Å². The molecule has 2 atom stereocenters. The highest BCUT2D eigenvalue weighted by atomic mass is 16.4. The number of rotatable bonds is 5. The van der Waals surface area contributed by atoms with Crippen LogP contribution in [0.25, 0.3) is 0 Å². The fourth-order valence-electron chi connectivity index (χ4n) is 3.40. The molecule has 0 aliphatic heterocycles. The topological polar surface area (TPSA) is 95.5 Å². The maximum atomic E-state index is 12.5. The molecule has 140 valence electrons. The van der Waals surface area contributed by atoms with E-state index in [2.05, 4.69) is 10.6 Å². The first kappa shape index (κ1) is 18.6. The van der Waals surface area contributed by atoms with E-state index in [1.165, 1.54) is 0 Å². The molecule has 27 heavy (non-hydrogen) atoms. The Labute approximate surface area is 157 Å². The summed E-state index contributed by atoms with van der Waals surface area (Å²) >= 11 is 0. The summed E-state index contributed by atoms with van der Waals surface area (Å²) in [5.74, 6) is -2.51. The van der Waals surface area contributed by atoms with Crippen LogP contribution >= 0.6 is 0 Å². The maximum Gasteiger partial charge on any atom is 0.307 e. The van der Waals surface area contributed by atoms with Gasteiger partial charge in [-0.1, -0.05) is 31.0 Å². The lowest BCUT2D eigenvalue weighted by Gasteiger charge is -2.27. The Morgan fingerprint density at radius 2 is 1.33 bits per heavy atom. The second-order valence-corrected chi connectivity index (χ2v) is 6.72. The van der Waals surface area contributed by atoms with Crippen molar-refractivity contribution in [2.24, 2.45) is 11.8 Å². The first-order valence-electron chi connectivity index (χ1n) is 9.05. The number of carboxylic acids is 1. The van der Waals surface area contributed by atoms with Crippen molar-refractivity contribution >= 4 is 29.2 Å². The Morgan fingerprint density at radius 1 is 0.778 bits per heavy atom. The highest BCUT2D eigenvalue weighted by molar-refractivity contribution is 6.04. The van der Waals surface area contributed by atoms with Crippen LogP contribution in [0.3, 0.4) is 0 Å². The highest BCUT2D eigenvalue weighted by Gasteiger charge is 2.35. The number of carbonyl (C=O) groups excluding carboxylic acids is 2. The van der Waals surface area contributed by atoms with E-state index in [0.29, 0.717) is 29.8 Å². The molecule has 6 heteroatoms. The van der Waals surface area contributed by atoms with Gasteiger partial charge in [-0.05, 0) is 49.2 Å². The van der Waals surface area contributed by atoms with Gasteiger partial charge in [0.05, 0.1) is 11.8 Å².